The summed E-state index contributed by atoms with van der Waals surface area (Å²) in [6.07, 6.45) is 1.18. The van der Waals surface area contributed by atoms with Crippen molar-refractivity contribution in [2.45, 2.75) is 45.3 Å². The number of hydrogen-bond donors (Lipinski definition) is 1. The van der Waals surface area contributed by atoms with Crippen molar-refractivity contribution in [1.82, 2.24) is 10.2 Å². The second-order valence-electron chi connectivity index (χ2n) is 7.57. The molecule has 142 valence electrons. The first-order chi connectivity index (χ1) is 12.3. The summed E-state index contributed by atoms with van der Waals surface area (Å²) in [4.78, 5) is 26.7. The van der Waals surface area contributed by atoms with E-state index in [0.717, 1.165) is 12.8 Å². The van der Waals surface area contributed by atoms with Gasteiger partial charge in [-0.2, -0.15) is 0 Å². The lowest BCUT2D eigenvalue weighted by Crippen LogP contribution is -2.50. The van der Waals surface area contributed by atoms with Crippen molar-refractivity contribution in [2.24, 2.45) is 0 Å². The van der Waals surface area contributed by atoms with Gasteiger partial charge in [-0.1, -0.05) is 6.07 Å². The van der Waals surface area contributed by atoms with Gasteiger partial charge in [0, 0.05) is 19.1 Å². The Morgan fingerprint density at radius 3 is 2.77 bits per heavy atom. The van der Waals surface area contributed by atoms with Gasteiger partial charge in [0.1, 0.15) is 18.8 Å². The lowest BCUT2D eigenvalue weighted by atomic mass is 10.0. The van der Waals surface area contributed by atoms with Crippen molar-refractivity contribution in [3.8, 4) is 11.5 Å². The van der Waals surface area contributed by atoms with Crippen LogP contribution in [0.5, 0.6) is 11.5 Å². The van der Waals surface area contributed by atoms with Gasteiger partial charge >= 0.3 is 6.09 Å². The van der Waals surface area contributed by atoms with Crippen LogP contribution in [-0.4, -0.2) is 54.8 Å². The molecule has 26 heavy (non-hydrogen) atoms. The van der Waals surface area contributed by atoms with Gasteiger partial charge in [0.15, 0.2) is 11.5 Å². The molecule has 0 aliphatic carbocycles. The monoisotopic (exact) mass is 362 g/mol. The number of ether oxygens (including phenoxy) is 3. The maximum Gasteiger partial charge on any atom is 0.407 e. The smallest absolute Gasteiger partial charge is 0.407 e. The summed E-state index contributed by atoms with van der Waals surface area (Å²) in [6, 6.07) is 5.22. The second-order valence-corrected chi connectivity index (χ2v) is 7.57. The van der Waals surface area contributed by atoms with E-state index >= 15 is 0 Å². The van der Waals surface area contributed by atoms with Crippen LogP contribution in [-0.2, 0) is 4.74 Å². The number of likely N-dealkylation sites (tertiary alicyclic amines) is 1. The Hall–Kier alpha value is -2.44. The van der Waals surface area contributed by atoms with Gasteiger partial charge in [-0.3, -0.25) is 4.79 Å². The van der Waals surface area contributed by atoms with E-state index in [0.29, 0.717) is 43.4 Å². The molecule has 7 nitrogen and oxygen atoms in total. The molecular weight excluding hydrogens is 336 g/mol. The molecule has 2 aliphatic heterocycles. The number of rotatable bonds is 2. The molecule has 0 unspecified atom stereocenters. The van der Waals surface area contributed by atoms with Crippen LogP contribution in [0.15, 0.2) is 18.2 Å². The number of fused-ring (bicyclic) bond motifs is 1. The van der Waals surface area contributed by atoms with Crippen LogP contribution >= 0.6 is 0 Å². The molecule has 2 amide bonds. The van der Waals surface area contributed by atoms with Crippen molar-refractivity contribution >= 4 is 12.0 Å². The minimum atomic E-state index is -0.547. The maximum absolute atomic E-state index is 13.0. The molecule has 1 fully saturated rings. The molecule has 0 bridgehead atoms. The largest absolute Gasteiger partial charge is 0.486 e. The van der Waals surface area contributed by atoms with Gasteiger partial charge in [-0.15, -0.1) is 0 Å². The van der Waals surface area contributed by atoms with E-state index in [-0.39, 0.29) is 11.9 Å². The van der Waals surface area contributed by atoms with E-state index in [9.17, 15) is 9.59 Å². The van der Waals surface area contributed by atoms with Crippen molar-refractivity contribution < 1.29 is 23.8 Å². The highest BCUT2D eigenvalue weighted by Crippen LogP contribution is 2.34. The lowest BCUT2D eigenvalue weighted by Gasteiger charge is -2.34. The molecule has 1 aromatic rings. The van der Waals surface area contributed by atoms with Crippen molar-refractivity contribution in [2.75, 3.05) is 26.3 Å². The average molecular weight is 362 g/mol. The van der Waals surface area contributed by atoms with E-state index in [4.69, 9.17) is 14.2 Å². The summed E-state index contributed by atoms with van der Waals surface area (Å²) >= 11 is 0. The standard InChI is InChI=1S/C19H26N2O5/c1-19(2,3)26-18(23)20-13-6-5-9-21(12-13)17(22)14-7-4-8-15-16(14)25-11-10-24-15/h4,7-8,13H,5-6,9-12H2,1-3H3,(H,20,23)/t13-/m1/s1. The van der Waals surface area contributed by atoms with E-state index in [2.05, 4.69) is 5.32 Å². The molecule has 1 saturated heterocycles. The number of piperidine rings is 1. The zero-order chi connectivity index (χ0) is 18.7. The van der Waals surface area contributed by atoms with Gasteiger partial charge < -0.3 is 24.4 Å². The van der Waals surface area contributed by atoms with Gasteiger partial charge in [-0.05, 0) is 45.7 Å². The molecule has 2 aliphatic rings. The number of alkyl carbamates (subject to hydrolysis) is 1. The maximum atomic E-state index is 13.0. The number of nitrogens with zero attached hydrogens (tertiary/aromatic N) is 1. The molecule has 1 aromatic carbocycles. The minimum absolute atomic E-state index is 0.108. The zero-order valence-corrected chi connectivity index (χ0v) is 15.5. The molecule has 3 rings (SSSR count). The minimum Gasteiger partial charge on any atom is -0.486 e. The molecule has 1 N–H and O–H groups in total. The molecule has 0 saturated carbocycles. The first kappa shape index (κ1) is 18.4. The van der Waals surface area contributed by atoms with Crippen LogP contribution in [0.25, 0.3) is 0 Å². The topological polar surface area (TPSA) is 77.1 Å². The Morgan fingerprint density at radius 1 is 1.23 bits per heavy atom. The Kier molecular flexibility index (Phi) is 5.25. The van der Waals surface area contributed by atoms with Crippen molar-refractivity contribution in [1.29, 1.82) is 0 Å². The summed E-state index contributed by atoms with van der Waals surface area (Å²) in [5.41, 5.74) is -0.0468. The van der Waals surface area contributed by atoms with Crippen molar-refractivity contribution in [3.05, 3.63) is 23.8 Å². The third kappa shape index (κ3) is 4.39. The van der Waals surface area contributed by atoms with Crippen molar-refractivity contribution in [3.63, 3.8) is 0 Å². The zero-order valence-electron chi connectivity index (χ0n) is 15.5. The summed E-state index contributed by atoms with van der Waals surface area (Å²) < 4.78 is 16.5. The fourth-order valence-electron chi connectivity index (χ4n) is 3.17. The Balaban J connectivity index is 1.66. The Labute approximate surface area is 153 Å². The summed E-state index contributed by atoms with van der Waals surface area (Å²) in [5.74, 6) is 0.997. The highest BCUT2D eigenvalue weighted by molar-refractivity contribution is 5.98. The highest BCUT2D eigenvalue weighted by Gasteiger charge is 2.29. The van der Waals surface area contributed by atoms with Crippen LogP contribution in [0, 0.1) is 0 Å². The fraction of sp³-hybridized carbons (Fsp3) is 0.579. The number of amides is 2. The first-order valence-electron chi connectivity index (χ1n) is 9.01. The average Bonchev–Trinajstić information content (AvgIpc) is 2.59. The number of nitrogens with one attached hydrogen (secondary N) is 1. The number of para-hydroxylation sites is 1. The molecular formula is C19H26N2O5. The SMILES string of the molecule is CC(C)(C)OC(=O)N[C@@H]1CCCN(C(=O)c2cccc3c2OCCO3)C1. The molecule has 2 heterocycles. The summed E-state index contributed by atoms with van der Waals surface area (Å²) in [5, 5.41) is 2.86. The number of hydrogen-bond acceptors (Lipinski definition) is 5. The normalized spacial score (nSPS) is 19.7. The van der Waals surface area contributed by atoms with Crippen LogP contribution in [0.3, 0.4) is 0 Å². The second kappa shape index (κ2) is 7.43. The predicted octanol–water partition coefficient (Wildman–Crippen LogP) is 2.59. The molecule has 0 spiro atoms. The molecule has 0 aromatic heterocycles. The van der Waals surface area contributed by atoms with Crippen LogP contribution in [0.4, 0.5) is 4.79 Å². The van der Waals surface area contributed by atoms with Crippen LogP contribution in [0.1, 0.15) is 44.0 Å². The summed E-state index contributed by atoms with van der Waals surface area (Å²) in [7, 11) is 0. The Morgan fingerprint density at radius 2 is 2.00 bits per heavy atom. The van der Waals surface area contributed by atoms with E-state index < -0.39 is 11.7 Å². The highest BCUT2D eigenvalue weighted by atomic mass is 16.6. The number of carbonyl (C=O) groups excluding carboxylic acids is 2. The quantitative estimate of drug-likeness (QED) is 0.875. The molecule has 0 radical (unpaired) electrons. The van der Waals surface area contributed by atoms with E-state index in [1.165, 1.54) is 0 Å². The van der Waals surface area contributed by atoms with Gasteiger partial charge in [-0.25, -0.2) is 4.79 Å². The Bertz CT molecular complexity index is 683. The molecule has 1 atom stereocenters. The third-order valence-corrected chi connectivity index (χ3v) is 4.23. The van der Waals surface area contributed by atoms with Gasteiger partial charge in [0.25, 0.3) is 5.91 Å². The van der Waals surface area contributed by atoms with E-state index in [1.54, 1.807) is 23.1 Å². The van der Waals surface area contributed by atoms with Crippen LogP contribution in [0.2, 0.25) is 0 Å². The first-order valence-corrected chi connectivity index (χ1v) is 9.01. The lowest BCUT2D eigenvalue weighted by molar-refractivity contribution is 0.0451. The third-order valence-electron chi connectivity index (χ3n) is 4.23. The number of benzene rings is 1. The fourth-order valence-corrected chi connectivity index (χ4v) is 3.17. The van der Waals surface area contributed by atoms with Gasteiger partial charge in [0.2, 0.25) is 0 Å². The number of carbonyl (C=O) groups is 2. The molecule has 7 heteroatoms. The van der Waals surface area contributed by atoms with Gasteiger partial charge in [0.05, 0.1) is 5.56 Å². The van der Waals surface area contributed by atoms with Crippen LogP contribution < -0.4 is 14.8 Å². The predicted molar refractivity (Wildman–Crippen MR) is 95.7 cm³/mol. The van der Waals surface area contributed by atoms with E-state index in [1.807, 2.05) is 20.8 Å². The summed E-state index contributed by atoms with van der Waals surface area (Å²) in [6.45, 7) is 7.48.